The van der Waals surface area contributed by atoms with Crippen molar-refractivity contribution in [3.05, 3.63) is 59.7 Å². The van der Waals surface area contributed by atoms with Gasteiger partial charge in [-0.25, -0.2) is 0 Å². The maximum atomic E-state index is 12.2. The summed E-state index contributed by atoms with van der Waals surface area (Å²) in [4.78, 5) is 12.2. The van der Waals surface area contributed by atoms with Crippen molar-refractivity contribution in [2.75, 3.05) is 12.4 Å². The molecule has 0 aliphatic rings. The number of methoxy groups -OCH3 is 1. The molecule has 98 valence electrons. The first kappa shape index (κ1) is 13.4. The fourth-order valence-corrected chi connectivity index (χ4v) is 2.01. The third kappa shape index (κ3) is 3.06. The molecule has 2 aromatic carbocycles. The van der Waals surface area contributed by atoms with Gasteiger partial charge in [-0.15, -0.1) is 11.6 Å². The van der Waals surface area contributed by atoms with E-state index in [0.717, 1.165) is 5.56 Å². The molecule has 4 heteroatoms. The number of ether oxygens (including phenoxy) is 1. The minimum absolute atomic E-state index is 0.213. The lowest BCUT2D eigenvalue weighted by Crippen LogP contribution is -2.14. The number of alkyl halides is 1. The van der Waals surface area contributed by atoms with Gasteiger partial charge in [-0.3, -0.25) is 4.79 Å². The first-order chi connectivity index (χ1) is 9.26. The van der Waals surface area contributed by atoms with Crippen molar-refractivity contribution in [3.63, 3.8) is 0 Å². The summed E-state index contributed by atoms with van der Waals surface area (Å²) in [5.74, 6) is 0.681. The van der Waals surface area contributed by atoms with Gasteiger partial charge in [-0.2, -0.15) is 0 Å². The fourth-order valence-electron chi connectivity index (χ4n) is 1.78. The van der Waals surface area contributed by atoms with Gasteiger partial charge < -0.3 is 10.1 Å². The molecule has 0 saturated carbocycles. The van der Waals surface area contributed by atoms with Gasteiger partial charge in [-0.1, -0.05) is 30.3 Å². The zero-order valence-electron chi connectivity index (χ0n) is 10.5. The van der Waals surface area contributed by atoms with Gasteiger partial charge in [0.1, 0.15) is 5.75 Å². The Kier molecular flexibility index (Phi) is 4.42. The van der Waals surface area contributed by atoms with Gasteiger partial charge in [0.15, 0.2) is 0 Å². The van der Waals surface area contributed by atoms with Crippen LogP contribution >= 0.6 is 11.6 Å². The van der Waals surface area contributed by atoms with Gasteiger partial charge in [-0.05, 0) is 23.8 Å². The average Bonchev–Trinajstić information content (AvgIpc) is 2.47. The van der Waals surface area contributed by atoms with Crippen LogP contribution in [0, 0.1) is 0 Å². The number of carbonyl (C=O) groups excluding carboxylic acids is 1. The molecule has 0 unspecified atom stereocenters. The number of amides is 1. The van der Waals surface area contributed by atoms with E-state index in [2.05, 4.69) is 5.32 Å². The minimum atomic E-state index is -0.213. The van der Waals surface area contributed by atoms with Crippen molar-refractivity contribution in [2.24, 2.45) is 0 Å². The van der Waals surface area contributed by atoms with Gasteiger partial charge in [0, 0.05) is 11.6 Å². The molecule has 0 aliphatic heterocycles. The zero-order chi connectivity index (χ0) is 13.7. The van der Waals surface area contributed by atoms with E-state index < -0.39 is 0 Å². The van der Waals surface area contributed by atoms with Gasteiger partial charge in [0.05, 0.1) is 12.7 Å². The number of rotatable bonds is 4. The molecule has 1 N–H and O–H groups in total. The monoisotopic (exact) mass is 275 g/mol. The Bertz CT molecular complexity index is 584. The van der Waals surface area contributed by atoms with E-state index in [4.69, 9.17) is 16.3 Å². The van der Waals surface area contributed by atoms with E-state index in [1.54, 1.807) is 25.3 Å². The van der Waals surface area contributed by atoms with Crippen LogP contribution in [0.2, 0.25) is 0 Å². The molecule has 19 heavy (non-hydrogen) atoms. The van der Waals surface area contributed by atoms with Gasteiger partial charge >= 0.3 is 0 Å². The summed E-state index contributed by atoms with van der Waals surface area (Å²) < 4.78 is 5.17. The van der Waals surface area contributed by atoms with Crippen molar-refractivity contribution in [2.45, 2.75) is 5.88 Å². The Labute approximate surface area is 117 Å². The number of carbonyl (C=O) groups is 1. The molecule has 0 aliphatic carbocycles. The van der Waals surface area contributed by atoms with E-state index in [1.807, 2.05) is 30.3 Å². The SMILES string of the molecule is COc1ccccc1C(=O)Nc1ccccc1CCl. The molecule has 0 atom stereocenters. The summed E-state index contributed by atoms with van der Waals surface area (Å²) in [6, 6.07) is 14.5. The van der Waals surface area contributed by atoms with E-state index in [1.165, 1.54) is 0 Å². The first-order valence-electron chi connectivity index (χ1n) is 5.84. The Morgan fingerprint density at radius 1 is 1.16 bits per heavy atom. The maximum Gasteiger partial charge on any atom is 0.259 e. The lowest BCUT2D eigenvalue weighted by Gasteiger charge is -2.11. The summed E-state index contributed by atoms with van der Waals surface area (Å²) in [6.45, 7) is 0. The molecule has 0 fully saturated rings. The topological polar surface area (TPSA) is 38.3 Å². The summed E-state index contributed by atoms with van der Waals surface area (Å²) >= 11 is 5.84. The third-order valence-corrected chi connectivity index (χ3v) is 3.05. The van der Waals surface area contributed by atoms with E-state index in [-0.39, 0.29) is 5.91 Å². The van der Waals surface area contributed by atoms with Crippen molar-refractivity contribution in [1.82, 2.24) is 0 Å². The highest BCUT2D eigenvalue weighted by molar-refractivity contribution is 6.17. The summed E-state index contributed by atoms with van der Waals surface area (Å²) in [5, 5.41) is 2.85. The standard InChI is InChI=1S/C15H14ClNO2/c1-19-14-9-5-3-7-12(14)15(18)17-13-8-4-2-6-11(13)10-16/h2-9H,10H2,1H3,(H,17,18). The van der Waals surface area contributed by atoms with Crippen LogP contribution < -0.4 is 10.1 Å². The number of hydrogen-bond donors (Lipinski definition) is 1. The van der Waals surface area contributed by atoms with Crippen LogP contribution in [0.5, 0.6) is 5.75 Å². The highest BCUT2D eigenvalue weighted by Crippen LogP contribution is 2.21. The third-order valence-electron chi connectivity index (χ3n) is 2.76. The van der Waals surface area contributed by atoms with Crippen LogP contribution in [-0.2, 0) is 5.88 Å². The van der Waals surface area contributed by atoms with Crippen LogP contribution in [0.4, 0.5) is 5.69 Å². The molecule has 0 heterocycles. The number of nitrogens with one attached hydrogen (secondary N) is 1. The van der Waals surface area contributed by atoms with Gasteiger partial charge in [0.2, 0.25) is 0 Å². The molecular formula is C15H14ClNO2. The zero-order valence-corrected chi connectivity index (χ0v) is 11.3. The molecule has 0 aromatic heterocycles. The normalized spacial score (nSPS) is 10.0. The lowest BCUT2D eigenvalue weighted by atomic mass is 10.1. The summed E-state index contributed by atoms with van der Waals surface area (Å²) in [7, 11) is 1.54. The van der Waals surface area contributed by atoms with Crippen molar-refractivity contribution >= 4 is 23.2 Å². The van der Waals surface area contributed by atoms with Crippen LogP contribution in [0.3, 0.4) is 0 Å². The van der Waals surface area contributed by atoms with E-state index in [0.29, 0.717) is 22.9 Å². The van der Waals surface area contributed by atoms with E-state index >= 15 is 0 Å². The Hall–Kier alpha value is -2.00. The van der Waals surface area contributed by atoms with E-state index in [9.17, 15) is 4.79 Å². The molecule has 0 radical (unpaired) electrons. The highest BCUT2D eigenvalue weighted by atomic mass is 35.5. The lowest BCUT2D eigenvalue weighted by molar-refractivity contribution is 0.102. The molecule has 0 spiro atoms. The fraction of sp³-hybridized carbons (Fsp3) is 0.133. The second-order valence-corrected chi connectivity index (χ2v) is 4.21. The predicted octanol–water partition coefficient (Wildman–Crippen LogP) is 3.69. The molecule has 2 rings (SSSR count). The number of para-hydroxylation sites is 2. The second kappa shape index (κ2) is 6.25. The van der Waals surface area contributed by atoms with Crippen molar-refractivity contribution in [1.29, 1.82) is 0 Å². The summed E-state index contributed by atoms with van der Waals surface area (Å²) in [5.41, 5.74) is 2.09. The first-order valence-corrected chi connectivity index (χ1v) is 6.38. The van der Waals surface area contributed by atoms with Gasteiger partial charge in [0.25, 0.3) is 5.91 Å². The number of hydrogen-bond acceptors (Lipinski definition) is 2. The Balaban J connectivity index is 2.26. The van der Waals surface area contributed by atoms with Crippen LogP contribution in [0.1, 0.15) is 15.9 Å². The number of anilines is 1. The largest absolute Gasteiger partial charge is 0.496 e. The molecule has 1 amide bonds. The average molecular weight is 276 g/mol. The van der Waals surface area contributed by atoms with Crippen molar-refractivity contribution < 1.29 is 9.53 Å². The quantitative estimate of drug-likeness (QED) is 0.865. The molecule has 0 bridgehead atoms. The minimum Gasteiger partial charge on any atom is -0.496 e. The van der Waals surface area contributed by atoms with Crippen LogP contribution in [0.15, 0.2) is 48.5 Å². The smallest absolute Gasteiger partial charge is 0.259 e. The number of benzene rings is 2. The second-order valence-electron chi connectivity index (χ2n) is 3.95. The predicted molar refractivity (Wildman–Crippen MR) is 76.9 cm³/mol. The molecule has 0 saturated heterocycles. The molecular weight excluding hydrogens is 262 g/mol. The molecule has 2 aromatic rings. The van der Waals surface area contributed by atoms with Crippen molar-refractivity contribution in [3.8, 4) is 5.75 Å². The Morgan fingerprint density at radius 3 is 2.58 bits per heavy atom. The molecule has 3 nitrogen and oxygen atoms in total. The maximum absolute atomic E-state index is 12.2. The number of halogens is 1. The Morgan fingerprint density at radius 2 is 1.84 bits per heavy atom. The van der Waals surface area contributed by atoms with Crippen LogP contribution in [0.25, 0.3) is 0 Å². The summed E-state index contributed by atoms with van der Waals surface area (Å²) in [6.07, 6.45) is 0. The van der Waals surface area contributed by atoms with Crippen LogP contribution in [-0.4, -0.2) is 13.0 Å². The highest BCUT2D eigenvalue weighted by Gasteiger charge is 2.12.